The molecule has 6 nitrogen and oxygen atoms in total. The van der Waals surface area contributed by atoms with E-state index in [9.17, 15) is 9.59 Å². The Morgan fingerprint density at radius 3 is 2.95 bits per heavy atom. The van der Waals surface area contributed by atoms with Crippen LogP contribution in [-0.4, -0.2) is 15.5 Å². The predicted octanol–water partition coefficient (Wildman–Crippen LogP) is 2.59. The number of amides is 1. The predicted molar refractivity (Wildman–Crippen MR) is 83.1 cm³/mol. The van der Waals surface area contributed by atoms with E-state index < -0.39 is 5.76 Å². The summed E-state index contributed by atoms with van der Waals surface area (Å²) in [5, 5.41) is 3.10. The number of rotatable bonds is 3. The lowest BCUT2D eigenvalue weighted by molar-refractivity contribution is -0.116. The second-order valence-electron chi connectivity index (χ2n) is 4.78. The highest BCUT2D eigenvalue weighted by atomic mass is 35.5. The Balaban J connectivity index is 1.86. The zero-order valence-electron chi connectivity index (χ0n) is 11.7. The number of aryl methyl sites for hydroxylation is 1. The molecule has 0 aliphatic rings. The van der Waals surface area contributed by atoms with Crippen molar-refractivity contribution in [1.82, 2.24) is 9.55 Å². The number of fused-ring (bicyclic) bond motifs is 1. The highest BCUT2D eigenvalue weighted by molar-refractivity contribution is 6.31. The van der Waals surface area contributed by atoms with Crippen LogP contribution in [-0.2, 0) is 11.3 Å². The zero-order chi connectivity index (χ0) is 15.7. The topological polar surface area (TPSA) is 77.1 Å². The van der Waals surface area contributed by atoms with E-state index in [2.05, 4.69) is 10.3 Å². The number of halogens is 1. The van der Waals surface area contributed by atoms with Gasteiger partial charge in [-0.3, -0.25) is 9.36 Å². The summed E-state index contributed by atoms with van der Waals surface area (Å²) in [4.78, 5) is 28.1. The summed E-state index contributed by atoms with van der Waals surface area (Å²) in [6.45, 7) is 1.65. The number of carbonyl (C=O) groups excluding carboxylic acids is 1. The molecule has 2 heterocycles. The standard InChI is InChI=1S/C15H12ClN3O3/c1-9-3-2-4-13(17-9)18-14(20)8-19-11-7-10(16)5-6-12(11)22-15(19)21/h2-7H,8H2,1H3,(H,17,18,20). The fourth-order valence-electron chi connectivity index (χ4n) is 2.12. The molecular weight excluding hydrogens is 306 g/mol. The minimum Gasteiger partial charge on any atom is -0.408 e. The molecule has 7 heteroatoms. The Morgan fingerprint density at radius 2 is 2.18 bits per heavy atom. The highest BCUT2D eigenvalue weighted by Crippen LogP contribution is 2.18. The summed E-state index contributed by atoms with van der Waals surface area (Å²) in [5.74, 6) is -0.545. The van der Waals surface area contributed by atoms with Crippen LogP contribution in [0, 0.1) is 6.92 Å². The third-order valence-electron chi connectivity index (χ3n) is 3.09. The minimum absolute atomic E-state index is 0.179. The number of pyridine rings is 1. The molecule has 0 atom stereocenters. The van der Waals surface area contributed by atoms with Crippen LogP contribution < -0.4 is 11.1 Å². The van der Waals surface area contributed by atoms with Crippen molar-refractivity contribution < 1.29 is 9.21 Å². The van der Waals surface area contributed by atoms with Crippen molar-refractivity contribution in [2.75, 3.05) is 5.32 Å². The molecule has 1 amide bonds. The molecule has 3 rings (SSSR count). The zero-order valence-corrected chi connectivity index (χ0v) is 12.4. The molecular formula is C15H12ClN3O3. The quantitative estimate of drug-likeness (QED) is 0.805. The van der Waals surface area contributed by atoms with Gasteiger partial charge in [-0.25, -0.2) is 9.78 Å². The smallest absolute Gasteiger partial charge is 0.408 e. The molecule has 0 radical (unpaired) electrons. The van der Waals surface area contributed by atoms with E-state index in [1.165, 1.54) is 4.57 Å². The van der Waals surface area contributed by atoms with Gasteiger partial charge in [0.05, 0.1) is 5.52 Å². The van der Waals surface area contributed by atoms with Gasteiger partial charge in [-0.1, -0.05) is 17.7 Å². The molecule has 0 aliphatic carbocycles. The van der Waals surface area contributed by atoms with Gasteiger partial charge in [0.15, 0.2) is 5.58 Å². The number of nitrogens with one attached hydrogen (secondary N) is 1. The number of nitrogens with zero attached hydrogens (tertiary/aromatic N) is 2. The Morgan fingerprint density at radius 1 is 1.36 bits per heavy atom. The van der Waals surface area contributed by atoms with Gasteiger partial charge < -0.3 is 9.73 Å². The second-order valence-corrected chi connectivity index (χ2v) is 5.21. The first-order valence-corrected chi connectivity index (χ1v) is 6.93. The summed E-state index contributed by atoms with van der Waals surface area (Å²) >= 11 is 5.92. The first kappa shape index (κ1) is 14.3. The molecule has 2 aromatic heterocycles. The van der Waals surface area contributed by atoms with Gasteiger partial charge in [0.25, 0.3) is 0 Å². The maximum Gasteiger partial charge on any atom is 0.420 e. The number of aromatic nitrogens is 2. The Labute approximate surface area is 130 Å². The number of benzene rings is 1. The minimum atomic E-state index is -0.607. The number of anilines is 1. The monoisotopic (exact) mass is 317 g/mol. The summed E-state index contributed by atoms with van der Waals surface area (Å²) in [7, 11) is 0. The van der Waals surface area contributed by atoms with Crippen molar-refractivity contribution in [1.29, 1.82) is 0 Å². The molecule has 1 aromatic carbocycles. The van der Waals surface area contributed by atoms with Gasteiger partial charge in [-0.2, -0.15) is 0 Å². The van der Waals surface area contributed by atoms with Crippen molar-refractivity contribution in [2.45, 2.75) is 13.5 Å². The highest BCUT2D eigenvalue weighted by Gasteiger charge is 2.13. The first-order chi connectivity index (χ1) is 10.5. The van der Waals surface area contributed by atoms with Gasteiger partial charge in [0, 0.05) is 10.7 Å². The first-order valence-electron chi connectivity index (χ1n) is 6.55. The third kappa shape index (κ3) is 2.87. The van der Waals surface area contributed by atoms with E-state index in [0.29, 0.717) is 21.9 Å². The van der Waals surface area contributed by atoms with Crippen LogP contribution in [0.1, 0.15) is 5.69 Å². The number of hydrogen-bond donors (Lipinski definition) is 1. The summed E-state index contributed by atoms with van der Waals surface area (Å²) in [6.07, 6.45) is 0. The third-order valence-corrected chi connectivity index (χ3v) is 3.32. The van der Waals surface area contributed by atoms with Crippen molar-refractivity contribution >= 4 is 34.4 Å². The lowest BCUT2D eigenvalue weighted by Gasteiger charge is -2.05. The maximum absolute atomic E-state index is 12.1. The van der Waals surface area contributed by atoms with E-state index in [4.69, 9.17) is 16.0 Å². The largest absolute Gasteiger partial charge is 0.420 e. The lowest BCUT2D eigenvalue weighted by atomic mass is 10.3. The fraction of sp³-hybridized carbons (Fsp3) is 0.133. The second kappa shape index (κ2) is 5.65. The van der Waals surface area contributed by atoms with Crippen molar-refractivity contribution in [3.05, 3.63) is 57.7 Å². The van der Waals surface area contributed by atoms with Crippen molar-refractivity contribution in [2.24, 2.45) is 0 Å². The summed E-state index contributed by atoms with van der Waals surface area (Å²) in [5.41, 5.74) is 1.65. The molecule has 1 N–H and O–H groups in total. The molecule has 112 valence electrons. The van der Waals surface area contributed by atoms with Crippen molar-refractivity contribution in [3.8, 4) is 0 Å². The molecule has 0 fully saturated rings. The summed E-state index contributed by atoms with van der Waals surface area (Å²) in [6, 6.07) is 10.1. The van der Waals surface area contributed by atoms with Gasteiger partial charge in [-0.15, -0.1) is 0 Å². The average Bonchev–Trinajstić information content (AvgIpc) is 2.75. The number of hydrogen-bond acceptors (Lipinski definition) is 4. The van der Waals surface area contributed by atoms with Gasteiger partial charge in [-0.05, 0) is 37.3 Å². The normalized spacial score (nSPS) is 10.8. The molecule has 0 spiro atoms. The van der Waals surface area contributed by atoms with E-state index in [0.717, 1.165) is 5.69 Å². The molecule has 0 saturated heterocycles. The molecule has 0 bridgehead atoms. The Hall–Kier alpha value is -2.60. The van der Waals surface area contributed by atoms with Crippen LogP contribution in [0.4, 0.5) is 5.82 Å². The summed E-state index contributed by atoms with van der Waals surface area (Å²) < 4.78 is 6.31. The van der Waals surface area contributed by atoms with Crippen LogP contribution in [0.5, 0.6) is 0 Å². The van der Waals surface area contributed by atoms with Crippen LogP contribution >= 0.6 is 11.6 Å². The van der Waals surface area contributed by atoms with Gasteiger partial charge >= 0.3 is 5.76 Å². The van der Waals surface area contributed by atoms with E-state index in [1.54, 1.807) is 30.3 Å². The number of oxazole rings is 1. The molecule has 0 saturated carbocycles. The van der Waals surface area contributed by atoms with E-state index in [-0.39, 0.29) is 12.5 Å². The lowest BCUT2D eigenvalue weighted by Crippen LogP contribution is -2.25. The molecule has 3 aromatic rings. The van der Waals surface area contributed by atoms with Crippen LogP contribution in [0.25, 0.3) is 11.1 Å². The molecule has 22 heavy (non-hydrogen) atoms. The van der Waals surface area contributed by atoms with Gasteiger partial charge in [0.1, 0.15) is 12.4 Å². The maximum atomic E-state index is 12.1. The Kier molecular flexibility index (Phi) is 3.68. The average molecular weight is 318 g/mol. The van der Waals surface area contributed by atoms with Gasteiger partial charge in [0.2, 0.25) is 5.91 Å². The Bertz CT molecular complexity index is 914. The molecule has 0 aliphatic heterocycles. The van der Waals surface area contributed by atoms with E-state index >= 15 is 0 Å². The fourth-order valence-corrected chi connectivity index (χ4v) is 2.29. The van der Waals surface area contributed by atoms with E-state index in [1.807, 2.05) is 13.0 Å². The van der Waals surface area contributed by atoms with Crippen LogP contribution in [0.15, 0.2) is 45.6 Å². The van der Waals surface area contributed by atoms with Crippen LogP contribution in [0.2, 0.25) is 5.02 Å². The number of carbonyl (C=O) groups is 1. The molecule has 0 unspecified atom stereocenters. The van der Waals surface area contributed by atoms with Crippen molar-refractivity contribution in [3.63, 3.8) is 0 Å². The SMILES string of the molecule is Cc1cccc(NC(=O)Cn2c(=O)oc3ccc(Cl)cc32)n1. The van der Waals surface area contributed by atoms with Crippen LogP contribution in [0.3, 0.4) is 0 Å².